The molecule has 0 aliphatic carbocycles. The number of carbonyl (C=O) groups excluding carboxylic acids is 1. The Labute approximate surface area is 114 Å². The van der Waals surface area contributed by atoms with Gasteiger partial charge in [-0.25, -0.2) is 13.2 Å². The molecule has 1 unspecified atom stereocenters. The maximum atomic E-state index is 13.0. The van der Waals surface area contributed by atoms with E-state index in [1.165, 1.54) is 0 Å². The van der Waals surface area contributed by atoms with Crippen LogP contribution in [0.5, 0.6) is 0 Å². The molecule has 0 fully saturated rings. The molecule has 1 rings (SSSR count). The van der Waals surface area contributed by atoms with E-state index in [-0.39, 0.29) is 5.56 Å². The largest absolute Gasteiger partial charge is 0.347 e. The number of hydrogen-bond acceptors (Lipinski definition) is 1. The average molecular weight is 294 g/mol. The third kappa shape index (κ3) is 3.86. The molecule has 1 aromatic carbocycles. The number of amides is 1. The Bertz CT molecular complexity index is 458. The molecular formula is C13H15ClF3NO. The highest BCUT2D eigenvalue weighted by atomic mass is 35.5. The number of nitrogens with one attached hydrogen (secondary N) is 1. The highest BCUT2D eigenvalue weighted by molar-refractivity contribution is 6.17. The SMILES string of the molecule is CCC(C)(CCCl)NC(=O)c1cc(F)c(F)c(F)c1. The van der Waals surface area contributed by atoms with Crippen molar-refractivity contribution in [1.29, 1.82) is 0 Å². The Morgan fingerprint density at radius 3 is 2.26 bits per heavy atom. The molecule has 19 heavy (non-hydrogen) atoms. The zero-order valence-corrected chi connectivity index (χ0v) is 11.5. The molecule has 106 valence electrons. The average Bonchev–Trinajstić information content (AvgIpc) is 2.35. The summed E-state index contributed by atoms with van der Waals surface area (Å²) < 4.78 is 38.9. The van der Waals surface area contributed by atoms with Gasteiger partial charge in [-0.1, -0.05) is 6.92 Å². The minimum atomic E-state index is -1.59. The van der Waals surface area contributed by atoms with Crippen molar-refractivity contribution < 1.29 is 18.0 Å². The molecule has 0 aliphatic heterocycles. The molecule has 0 aromatic heterocycles. The minimum absolute atomic E-state index is 0.259. The van der Waals surface area contributed by atoms with E-state index in [2.05, 4.69) is 5.32 Å². The summed E-state index contributed by atoms with van der Waals surface area (Å²) in [4.78, 5) is 11.9. The summed E-state index contributed by atoms with van der Waals surface area (Å²) in [5, 5.41) is 2.66. The number of alkyl halides is 1. The van der Waals surface area contributed by atoms with Crippen LogP contribution in [0.15, 0.2) is 12.1 Å². The molecule has 6 heteroatoms. The molecule has 0 radical (unpaired) electrons. The van der Waals surface area contributed by atoms with E-state index in [1.54, 1.807) is 6.92 Å². The first-order chi connectivity index (χ1) is 8.83. The van der Waals surface area contributed by atoms with Gasteiger partial charge in [-0.3, -0.25) is 4.79 Å². The lowest BCUT2D eigenvalue weighted by Gasteiger charge is -2.29. The van der Waals surface area contributed by atoms with E-state index in [4.69, 9.17) is 11.6 Å². The van der Waals surface area contributed by atoms with Gasteiger partial charge in [0.05, 0.1) is 0 Å². The zero-order chi connectivity index (χ0) is 14.6. The smallest absolute Gasteiger partial charge is 0.251 e. The number of halogens is 4. The molecular weight excluding hydrogens is 279 g/mol. The molecule has 1 N–H and O–H groups in total. The van der Waals surface area contributed by atoms with Crippen molar-refractivity contribution in [3.05, 3.63) is 35.1 Å². The van der Waals surface area contributed by atoms with Gasteiger partial charge in [0.1, 0.15) is 0 Å². The van der Waals surface area contributed by atoms with E-state index in [0.717, 1.165) is 0 Å². The molecule has 2 nitrogen and oxygen atoms in total. The van der Waals surface area contributed by atoms with Gasteiger partial charge in [0.25, 0.3) is 5.91 Å². The fourth-order valence-corrected chi connectivity index (χ4v) is 1.99. The second kappa shape index (κ2) is 6.28. The minimum Gasteiger partial charge on any atom is -0.347 e. The zero-order valence-electron chi connectivity index (χ0n) is 10.7. The van der Waals surface area contributed by atoms with Crippen molar-refractivity contribution in [3.63, 3.8) is 0 Å². The molecule has 1 aromatic rings. The van der Waals surface area contributed by atoms with Crippen LogP contribution in [0.4, 0.5) is 13.2 Å². The fourth-order valence-electron chi connectivity index (χ4n) is 1.57. The summed E-state index contributed by atoms with van der Waals surface area (Å²) >= 11 is 5.64. The third-order valence-electron chi connectivity index (χ3n) is 3.09. The molecule has 1 atom stereocenters. The lowest BCUT2D eigenvalue weighted by molar-refractivity contribution is 0.0900. The number of rotatable bonds is 5. The van der Waals surface area contributed by atoms with Gasteiger partial charge >= 0.3 is 0 Å². The van der Waals surface area contributed by atoms with Crippen molar-refractivity contribution in [2.24, 2.45) is 0 Å². The maximum absolute atomic E-state index is 13.0. The molecule has 0 heterocycles. The van der Waals surface area contributed by atoms with E-state index < -0.39 is 28.9 Å². The van der Waals surface area contributed by atoms with Crippen LogP contribution >= 0.6 is 11.6 Å². The topological polar surface area (TPSA) is 29.1 Å². The summed E-state index contributed by atoms with van der Waals surface area (Å²) in [5.41, 5.74) is -0.828. The monoisotopic (exact) mass is 293 g/mol. The van der Waals surface area contributed by atoms with Gasteiger partial charge in [-0.2, -0.15) is 0 Å². The Kier molecular flexibility index (Phi) is 5.23. The summed E-state index contributed by atoms with van der Waals surface area (Å²) in [6.07, 6.45) is 1.13. The number of benzene rings is 1. The maximum Gasteiger partial charge on any atom is 0.251 e. The fraction of sp³-hybridized carbons (Fsp3) is 0.462. The Morgan fingerprint density at radius 1 is 1.32 bits per heavy atom. The predicted molar refractivity (Wildman–Crippen MR) is 67.8 cm³/mol. The molecule has 0 saturated carbocycles. The molecule has 0 spiro atoms. The normalized spacial score (nSPS) is 14.0. The lowest BCUT2D eigenvalue weighted by Crippen LogP contribution is -2.45. The van der Waals surface area contributed by atoms with Gasteiger partial charge in [0, 0.05) is 17.0 Å². The highest BCUT2D eigenvalue weighted by Gasteiger charge is 2.25. The van der Waals surface area contributed by atoms with Crippen molar-refractivity contribution in [2.75, 3.05) is 5.88 Å². The van der Waals surface area contributed by atoms with Gasteiger partial charge in [-0.05, 0) is 31.9 Å². The Hall–Kier alpha value is -1.23. The van der Waals surface area contributed by atoms with Crippen LogP contribution in [0, 0.1) is 17.5 Å². The summed E-state index contributed by atoms with van der Waals surface area (Å²) in [7, 11) is 0. The second-order valence-electron chi connectivity index (χ2n) is 4.56. The van der Waals surface area contributed by atoms with Crippen molar-refractivity contribution >= 4 is 17.5 Å². The van der Waals surface area contributed by atoms with Crippen LogP contribution in [-0.2, 0) is 0 Å². The molecule has 0 bridgehead atoms. The molecule has 0 saturated heterocycles. The van der Waals surface area contributed by atoms with Crippen molar-refractivity contribution in [2.45, 2.75) is 32.2 Å². The van der Waals surface area contributed by atoms with Crippen LogP contribution < -0.4 is 5.32 Å². The Morgan fingerprint density at radius 2 is 1.84 bits per heavy atom. The summed E-state index contributed by atoms with van der Waals surface area (Å²) in [6, 6.07) is 1.34. The van der Waals surface area contributed by atoms with Gasteiger partial charge in [-0.15, -0.1) is 11.6 Å². The van der Waals surface area contributed by atoms with Gasteiger partial charge < -0.3 is 5.32 Å². The van der Waals surface area contributed by atoms with Crippen molar-refractivity contribution in [1.82, 2.24) is 5.32 Å². The van der Waals surface area contributed by atoms with Crippen LogP contribution in [0.3, 0.4) is 0 Å². The van der Waals surface area contributed by atoms with Crippen molar-refractivity contribution in [3.8, 4) is 0 Å². The summed E-state index contributed by atoms with van der Waals surface area (Å²) in [5.74, 6) is -4.68. The number of hydrogen-bond donors (Lipinski definition) is 1. The van der Waals surface area contributed by atoms with Crippen LogP contribution in [-0.4, -0.2) is 17.3 Å². The van der Waals surface area contributed by atoms with E-state index in [0.29, 0.717) is 30.9 Å². The van der Waals surface area contributed by atoms with E-state index in [1.807, 2.05) is 6.92 Å². The van der Waals surface area contributed by atoms with Gasteiger partial charge in [0.15, 0.2) is 17.5 Å². The second-order valence-corrected chi connectivity index (χ2v) is 4.94. The van der Waals surface area contributed by atoms with Crippen LogP contribution in [0.2, 0.25) is 0 Å². The first kappa shape index (κ1) is 15.8. The van der Waals surface area contributed by atoms with Crippen LogP contribution in [0.1, 0.15) is 37.0 Å². The summed E-state index contributed by atoms with van der Waals surface area (Å²) in [6.45, 7) is 3.64. The van der Waals surface area contributed by atoms with E-state index >= 15 is 0 Å². The Balaban J connectivity index is 2.95. The first-order valence-corrected chi connectivity index (χ1v) is 6.39. The lowest BCUT2D eigenvalue weighted by atomic mass is 9.95. The molecule has 1 amide bonds. The standard InChI is InChI=1S/C13H15ClF3NO/c1-3-13(2,4-5-14)18-12(19)8-6-9(15)11(17)10(16)7-8/h6-7H,3-5H2,1-2H3,(H,18,19). The third-order valence-corrected chi connectivity index (χ3v) is 3.28. The number of carbonyl (C=O) groups is 1. The van der Waals surface area contributed by atoms with Gasteiger partial charge in [0.2, 0.25) is 0 Å². The van der Waals surface area contributed by atoms with Crippen LogP contribution in [0.25, 0.3) is 0 Å². The first-order valence-electron chi connectivity index (χ1n) is 5.86. The molecule has 0 aliphatic rings. The van der Waals surface area contributed by atoms with E-state index in [9.17, 15) is 18.0 Å². The quantitative estimate of drug-likeness (QED) is 0.652. The highest BCUT2D eigenvalue weighted by Crippen LogP contribution is 2.18. The predicted octanol–water partition coefficient (Wildman–Crippen LogP) is 3.63.